The van der Waals surface area contributed by atoms with Gasteiger partial charge in [0.15, 0.2) is 5.78 Å². The Balaban J connectivity index is 1.59. The summed E-state index contributed by atoms with van der Waals surface area (Å²) in [6, 6.07) is 28.9. The molecule has 0 aromatic heterocycles. The van der Waals surface area contributed by atoms with E-state index in [2.05, 4.69) is 97.3 Å². The van der Waals surface area contributed by atoms with Gasteiger partial charge in [0.05, 0.1) is 6.04 Å². The quantitative estimate of drug-likeness (QED) is 0.460. The zero-order chi connectivity index (χ0) is 22.7. The highest BCUT2D eigenvalue weighted by molar-refractivity contribution is 5.94. The summed E-state index contributed by atoms with van der Waals surface area (Å²) in [5, 5.41) is 0. The summed E-state index contributed by atoms with van der Waals surface area (Å²) in [6.45, 7) is 11.5. The van der Waals surface area contributed by atoms with Crippen molar-refractivity contribution in [1.82, 2.24) is 9.80 Å². The molecule has 0 spiro atoms. The SMILES string of the molecule is CC(=O)c1ccc([C@H](c2ccccc2)N2C[C@@H](C)N(Cc3ccc(C)cc3)C[C@@H]2C)cc1. The Bertz CT molecular complexity index is 1030. The summed E-state index contributed by atoms with van der Waals surface area (Å²) in [6.07, 6.45) is 0. The van der Waals surface area contributed by atoms with E-state index in [1.807, 2.05) is 12.1 Å². The largest absolute Gasteiger partial charge is 0.295 e. The second-order valence-electron chi connectivity index (χ2n) is 9.30. The van der Waals surface area contributed by atoms with Crippen molar-refractivity contribution in [2.45, 2.75) is 52.4 Å². The van der Waals surface area contributed by atoms with Gasteiger partial charge in [0.25, 0.3) is 0 Å². The van der Waals surface area contributed by atoms with Crippen molar-refractivity contribution >= 4 is 5.78 Å². The Hall–Kier alpha value is -2.75. The molecule has 1 heterocycles. The number of aryl methyl sites for hydroxylation is 1. The number of Topliss-reactive ketones (excluding diaryl/α,β-unsaturated/α-hetero) is 1. The first-order valence-corrected chi connectivity index (χ1v) is 11.6. The minimum Gasteiger partial charge on any atom is -0.295 e. The summed E-state index contributed by atoms with van der Waals surface area (Å²) in [4.78, 5) is 17.0. The molecular formula is C29H34N2O. The van der Waals surface area contributed by atoms with Crippen molar-refractivity contribution < 1.29 is 4.79 Å². The number of rotatable bonds is 6. The van der Waals surface area contributed by atoms with Crippen LogP contribution < -0.4 is 0 Å². The van der Waals surface area contributed by atoms with E-state index in [0.717, 1.165) is 25.2 Å². The lowest BCUT2D eigenvalue weighted by Gasteiger charge is -2.47. The molecule has 3 aromatic carbocycles. The van der Waals surface area contributed by atoms with Crippen LogP contribution in [0, 0.1) is 6.92 Å². The Labute approximate surface area is 192 Å². The van der Waals surface area contributed by atoms with E-state index in [-0.39, 0.29) is 11.8 Å². The van der Waals surface area contributed by atoms with Crippen molar-refractivity contribution in [3.05, 3.63) is 107 Å². The number of nitrogens with zero attached hydrogens (tertiary/aromatic N) is 2. The maximum absolute atomic E-state index is 11.8. The monoisotopic (exact) mass is 426 g/mol. The van der Waals surface area contributed by atoms with Crippen LogP contribution in [0.3, 0.4) is 0 Å². The molecule has 1 fully saturated rings. The minimum absolute atomic E-state index is 0.111. The van der Waals surface area contributed by atoms with Crippen LogP contribution in [0.1, 0.15) is 59.4 Å². The predicted octanol–water partition coefficient (Wildman–Crippen LogP) is 5.88. The number of carbonyl (C=O) groups is 1. The summed E-state index contributed by atoms with van der Waals surface area (Å²) in [5.41, 5.74) is 6.00. The molecule has 0 N–H and O–H groups in total. The molecule has 0 unspecified atom stereocenters. The molecule has 32 heavy (non-hydrogen) atoms. The Morgan fingerprint density at radius 2 is 1.47 bits per heavy atom. The lowest BCUT2D eigenvalue weighted by molar-refractivity contribution is 0.0195. The summed E-state index contributed by atoms with van der Waals surface area (Å²) < 4.78 is 0. The van der Waals surface area contributed by atoms with E-state index in [9.17, 15) is 4.79 Å². The lowest BCUT2D eigenvalue weighted by atomic mass is 9.92. The van der Waals surface area contributed by atoms with Gasteiger partial charge in [0.1, 0.15) is 0 Å². The van der Waals surface area contributed by atoms with Crippen LogP contribution in [0.15, 0.2) is 78.9 Å². The number of ketones is 1. The zero-order valence-corrected chi connectivity index (χ0v) is 19.7. The third-order valence-corrected chi connectivity index (χ3v) is 6.75. The molecule has 1 saturated heterocycles. The van der Waals surface area contributed by atoms with Gasteiger partial charge in [-0.05, 0) is 44.4 Å². The van der Waals surface area contributed by atoms with Crippen molar-refractivity contribution in [3.8, 4) is 0 Å². The van der Waals surface area contributed by atoms with Crippen LogP contribution in [0.25, 0.3) is 0 Å². The van der Waals surface area contributed by atoms with Crippen LogP contribution in [0.2, 0.25) is 0 Å². The fraction of sp³-hybridized carbons (Fsp3) is 0.345. The fourth-order valence-electron chi connectivity index (χ4n) is 4.84. The molecule has 0 radical (unpaired) electrons. The lowest BCUT2D eigenvalue weighted by Crippen LogP contribution is -2.56. The molecular weight excluding hydrogens is 392 g/mol. The van der Waals surface area contributed by atoms with Gasteiger partial charge < -0.3 is 0 Å². The molecule has 1 aliphatic heterocycles. The van der Waals surface area contributed by atoms with E-state index in [0.29, 0.717) is 12.1 Å². The van der Waals surface area contributed by atoms with Crippen molar-refractivity contribution in [2.75, 3.05) is 13.1 Å². The summed E-state index contributed by atoms with van der Waals surface area (Å²) >= 11 is 0. The van der Waals surface area contributed by atoms with Gasteiger partial charge in [0.2, 0.25) is 0 Å². The molecule has 0 aliphatic carbocycles. The van der Waals surface area contributed by atoms with Gasteiger partial charge in [-0.2, -0.15) is 0 Å². The molecule has 3 aromatic rings. The van der Waals surface area contributed by atoms with Crippen LogP contribution in [-0.4, -0.2) is 40.8 Å². The second kappa shape index (κ2) is 9.81. The van der Waals surface area contributed by atoms with E-state index in [1.165, 1.54) is 22.3 Å². The summed E-state index contributed by atoms with van der Waals surface area (Å²) in [7, 11) is 0. The van der Waals surface area contributed by atoms with Crippen molar-refractivity contribution in [1.29, 1.82) is 0 Å². The predicted molar refractivity (Wildman–Crippen MR) is 132 cm³/mol. The fourth-order valence-corrected chi connectivity index (χ4v) is 4.84. The zero-order valence-electron chi connectivity index (χ0n) is 19.7. The molecule has 3 heteroatoms. The topological polar surface area (TPSA) is 23.6 Å². The smallest absolute Gasteiger partial charge is 0.159 e. The van der Waals surface area contributed by atoms with E-state index in [4.69, 9.17) is 0 Å². The highest BCUT2D eigenvalue weighted by Gasteiger charge is 2.34. The van der Waals surface area contributed by atoms with Gasteiger partial charge in [-0.3, -0.25) is 14.6 Å². The first kappa shape index (κ1) is 22.4. The molecule has 166 valence electrons. The first-order chi connectivity index (χ1) is 15.4. The van der Waals surface area contributed by atoms with Gasteiger partial charge in [0, 0.05) is 37.3 Å². The van der Waals surface area contributed by atoms with Crippen LogP contribution >= 0.6 is 0 Å². The minimum atomic E-state index is 0.111. The first-order valence-electron chi connectivity index (χ1n) is 11.6. The summed E-state index contributed by atoms with van der Waals surface area (Å²) in [5.74, 6) is 0.111. The van der Waals surface area contributed by atoms with Crippen molar-refractivity contribution in [2.24, 2.45) is 0 Å². The number of piperazine rings is 1. The van der Waals surface area contributed by atoms with Gasteiger partial charge in [-0.25, -0.2) is 0 Å². The Morgan fingerprint density at radius 1 is 0.844 bits per heavy atom. The van der Waals surface area contributed by atoms with Crippen LogP contribution in [0.4, 0.5) is 0 Å². The molecule has 1 aliphatic rings. The van der Waals surface area contributed by atoms with E-state index in [1.54, 1.807) is 6.92 Å². The molecule has 3 atom stereocenters. The number of hydrogen-bond acceptors (Lipinski definition) is 3. The maximum Gasteiger partial charge on any atom is 0.159 e. The number of benzene rings is 3. The average molecular weight is 427 g/mol. The Kier molecular flexibility index (Phi) is 6.88. The standard InChI is InChI=1S/C29H34N2O/c1-21-10-12-25(13-11-21)20-30-18-23(3)31(19-22(30)2)29(27-8-6-5-7-9-27)28-16-14-26(15-17-28)24(4)32/h5-17,22-23,29H,18-20H2,1-4H3/t22-,23+,29+/m1/s1. The van der Waals surface area contributed by atoms with Gasteiger partial charge in [-0.15, -0.1) is 0 Å². The van der Waals surface area contributed by atoms with Crippen LogP contribution in [0.5, 0.6) is 0 Å². The highest BCUT2D eigenvalue weighted by Crippen LogP contribution is 2.33. The average Bonchev–Trinajstić information content (AvgIpc) is 2.80. The highest BCUT2D eigenvalue weighted by atomic mass is 16.1. The van der Waals surface area contributed by atoms with Gasteiger partial charge >= 0.3 is 0 Å². The molecule has 4 rings (SSSR count). The molecule has 0 bridgehead atoms. The van der Waals surface area contributed by atoms with Crippen LogP contribution in [-0.2, 0) is 6.54 Å². The molecule has 0 saturated carbocycles. The number of hydrogen-bond donors (Lipinski definition) is 0. The molecule has 0 amide bonds. The van der Waals surface area contributed by atoms with E-state index < -0.39 is 0 Å². The van der Waals surface area contributed by atoms with Gasteiger partial charge in [-0.1, -0.05) is 84.4 Å². The third-order valence-electron chi connectivity index (χ3n) is 6.75. The number of carbonyl (C=O) groups excluding carboxylic acids is 1. The van der Waals surface area contributed by atoms with E-state index >= 15 is 0 Å². The molecule has 3 nitrogen and oxygen atoms in total. The Morgan fingerprint density at radius 3 is 2.09 bits per heavy atom. The third kappa shape index (κ3) is 5.01. The van der Waals surface area contributed by atoms with Crippen molar-refractivity contribution in [3.63, 3.8) is 0 Å². The second-order valence-corrected chi connectivity index (χ2v) is 9.30. The normalized spacial score (nSPS) is 20.8. The maximum atomic E-state index is 11.8.